The maximum atomic E-state index is 12.1. The molecule has 0 aromatic rings. The Bertz CT molecular complexity index is 265. The summed E-state index contributed by atoms with van der Waals surface area (Å²) < 4.78 is 0. The van der Waals surface area contributed by atoms with Crippen LogP contribution in [0.4, 0.5) is 0 Å². The number of nitrogens with zero attached hydrogens (tertiary/aromatic N) is 1. The minimum atomic E-state index is 0. The van der Waals surface area contributed by atoms with E-state index in [1.165, 1.54) is 13.0 Å². The topological polar surface area (TPSA) is 44.4 Å². The number of likely N-dealkylation sites (tertiary alicyclic amines) is 1. The van der Waals surface area contributed by atoms with E-state index in [1.807, 2.05) is 0 Å². The van der Waals surface area contributed by atoms with Gasteiger partial charge in [-0.3, -0.25) is 4.79 Å². The molecule has 2 saturated heterocycles. The van der Waals surface area contributed by atoms with E-state index in [4.69, 9.17) is 0 Å². The van der Waals surface area contributed by atoms with Gasteiger partial charge in [-0.05, 0) is 51.7 Å². The van der Waals surface area contributed by atoms with Gasteiger partial charge in [-0.25, -0.2) is 0 Å². The third-order valence-corrected chi connectivity index (χ3v) is 4.18. The number of amides is 1. The number of nitrogens with one attached hydrogen (secondary N) is 2. The summed E-state index contributed by atoms with van der Waals surface area (Å²) in [7, 11) is 0. The van der Waals surface area contributed by atoms with Crippen LogP contribution in [0.5, 0.6) is 0 Å². The van der Waals surface area contributed by atoms with Gasteiger partial charge in [0.15, 0.2) is 0 Å². The fourth-order valence-corrected chi connectivity index (χ4v) is 3.02. The van der Waals surface area contributed by atoms with Gasteiger partial charge in [0.25, 0.3) is 0 Å². The van der Waals surface area contributed by atoms with Crippen LogP contribution >= 0.6 is 24.8 Å². The lowest BCUT2D eigenvalue weighted by Crippen LogP contribution is -2.47. The Morgan fingerprint density at radius 3 is 2.30 bits per heavy atom. The first kappa shape index (κ1) is 20.0. The molecule has 0 spiro atoms. The van der Waals surface area contributed by atoms with Crippen molar-refractivity contribution in [3.05, 3.63) is 0 Å². The van der Waals surface area contributed by atoms with Gasteiger partial charge in [0.05, 0.1) is 0 Å². The highest BCUT2D eigenvalue weighted by Gasteiger charge is 2.25. The molecule has 0 bridgehead atoms. The fourth-order valence-electron chi connectivity index (χ4n) is 3.02. The molecular formula is C14H29Cl2N3O. The van der Waals surface area contributed by atoms with Crippen molar-refractivity contribution in [2.45, 2.75) is 45.1 Å². The zero-order valence-electron chi connectivity index (χ0n) is 12.4. The molecule has 0 aliphatic carbocycles. The molecule has 0 saturated carbocycles. The quantitative estimate of drug-likeness (QED) is 0.828. The largest absolute Gasteiger partial charge is 0.353 e. The molecule has 2 aliphatic rings. The normalized spacial score (nSPS) is 21.6. The fraction of sp³-hybridized carbons (Fsp3) is 0.929. The van der Waals surface area contributed by atoms with E-state index in [0.29, 0.717) is 11.9 Å². The lowest BCUT2D eigenvalue weighted by Gasteiger charge is -2.33. The third kappa shape index (κ3) is 6.17. The zero-order valence-corrected chi connectivity index (χ0v) is 14.0. The number of hydrogen-bond acceptors (Lipinski definition) is 3. The van der Waals surface area contributed by atoms with Crippen LogP contribution in [0.1, 0.15) is 39.0 Å². The van der Waals surface area contributed by atoms with E-state index >= 15 is 0 Å². The van der Waals surface area contributed by atoms with Crippen LogP contribution in [0, 0.1) is 5.92 Å². The average molecular weight is 326 g/mol. The highest BCUT2D eigenvalue weighted by molar-refractivity contribution is 5.85. The molecule has 0 unspecified atom stereocenters. The smallest absolute Gasteiger partial charge is 0.223 e. The van der Waals surface area contributed by atoms with Crippen LogP contribution in [0.15, 0.2) is 0 Å². The van der Waals surface area contributed by atoms with Crippen molar-refractivity contribution in [1.82, 2.24) is 15.5 Å². The molecule has 0 radical (unpaired) electrons. The molecule has 2 rings (SSSR count). The van der Waals surface area contributed by atoms with Gasteiger partial charge in [-0.2, -0.15) is 0 Å². The Labute approximate surface area is 135 Å². The predicted molar refractivity (Wildman–Crippen MR) is 88.0 cm³/mol. The first-order valence-electron chi connectivity index (χ1n) is 7.53. The first-order chi connectivity index (χ1) is 8.79. The van der Waals surface area contributed by atoms with Crippen LogP contribution in [-0.2, 0) is 4.79 Å². The Balaban J connectivity index is 0.00000180. The van der Waals surface area contributed by atoms with E-state index in [2.05, 4.69) is 22.5 Å². The SMILES string of the molecule is CCCN1CCC(NC(=O)C2CCNCC2)CC1.Cl.Cl. The van der Waals surface area contributed by atoms with Crippen molar-refractivity contribution in [3.63, 3.8) is 0 Å². The molecular weight excluding hydrogens is 297 g/mol. The maximum absolute atomic E-state index is 12.1. The van der Waals surface area contributed by atoms with Gasteiger partial charge >= 0.3 is 0 Å². The van der Waals surface area contributed by atoms with Crippen molar-refractivity contribution in [2.24, 2.45) is 5.92 Å². The number of piperidine rings is 2. The van der Waals surface area contributed by atoms with Gasteiger partial charge in [-0.15, -0.1) is 24.8 Å². The van der Waals surface area contributed by atoms with Crippen LogP contribution < -0.4 is 10.6 Å². The predicted octanol–water partition coefficient (Wildman–Crippen LogP) is 1.82. The summed E-state index contributed by atoms with van der Waals surface area (Å²) in [6.07, 6.45) is 5.47. The lowest BCUT2D eigenvalue weighted by atomic mass is 9.96. The van der Waals surface area contributed by atoms with Crippen LogP contribution in [0.3, 0.4) is 0 Å². The molecule has 120 valence electrons. The van der Waals surface area contributed by atoms with Crippen LogP contribution in [0.2, 0.25) is 0 Å². The third-order valence-electron chi connectivity index (χ3n) is 4.18. The van der Waals surface area contributed by atoms with Gasteiger partial charge < -0.3 is 15.5 Å². The number of carbonyl (C=O) groups excluding carboxylic acids is 1. The van der Waals surface area contributed by atoms with Gasteiger partial charge in [0.2, 0.25) is 5.91 Å². The number of hydrogen-bond donors (Lipinski definition) is 2. The molecule has 0 aromatic carbocycles. The summed E-state index contributed by atoms with van der Waals surface area (Å²) in [6.45, 7) is 7.70. The highest BCUT2D eigenvalue weighted by atomic mass is 35.5. The second-order valence-electron chi connectivity index (χ2n) is 5.65. The molecule has 2 fully saturated rings. The number of carbonyl (C=O) groups is 1. The van der Waals surface area contributed by atoms with Crippen LogP contribution in [0.25, 0.3) is 0 Å². The summed E-state index contributed by atoms with van der Waals surface area (Å²) in [5.41, 5.74) is 0. The van der Waals surface area contributed by atoms with Gasteiger partial charge in [0.1, 0.15) is 0 Å². The standard InChI is InChI=1S/C14H27N3O.2ClH/c1-2-9-17-10-5-13(6-11-17)16-14(18)12-3-7-15-8-4-12;;/h12-13,15H,2-11H2,1H3,(H,16,18);2*1H. The molecule has 4 nitrogen and oxygen atoms in total. The van der Waals surface area contributed by atoms with Crippen molar-refractivity contribution in [1.29, 1.82) is 0 Å². The molecule has 2 N–H and O–H groups in total. The Kier molecular flexibility index (Phi) is 10.6. The van der Waals surface area contributed by atoms with Crippen molar-refractivity contribution in [3.8, 4) is 0 Å². The van der Waals surface area contributed by atoms with Crippen molar-refractivity contribution in [2.75, 3.05) is 32.7 Å². The molecule has 6 heteroatoms. The highest BCUT2D eigenvalue weighted by Crippen LogP contribution is 2.15. The Morgan fingerprint density at radius 2 is 1.75 bits per heavy atom. The zero-order chi connectivity index (χ0) is 12.8. The summed E-state index contributed by atoms with van der Waals surface area (Å²) in [5, 5.41) is 6.56. The summed E-state index contributed by atoms with van der Waals surface area (Å²) >= 11 is 0. The first-order valence-corrected chi connectivity index (χ1v) is 7.53. The molecule has 2 heterocycles. The molecule has 0 aromatic heterocycles. The molecule has 2 aliphatic heterocycles. The van der Waals surface area contributed by atoms with E-state index in [1.54, 1.807) is 0 Å². The van der Waals surface area contributed by atoms with E-state index in [9.17, 15) is 4.79 Å². The van der Waals surface area contributed by atoms with Crippen molar-refractivity contribution < 1.29 is 4.79 Å². The molecule has 0 atom stereocenters. The van der Waals surface area contributed by atoms with Gasteiger partial charge in [-0.1, -0.05) is 6.92 Å². The van der Waals surface area contributed by atoms with E-state index < -0.39 is 0 Å². The minimum absolute atomic E-state index is 0. The molecule has 1 amide bonds. The Hall–Kier alpha value is -0.0300. The summed E-state index contributed by atoms with van der Waals surface area (Å²) in [6, 6.07) is 0.417. The van der Waals surface area contributed by atoms with Crippen molar-refractivity contribution >= 4 is 30.7 Å². The number of rotatable bonds is 4. The second kappa shape index (κ2) is 10.7. The summed E-state index contributed by atoms with van der Waals surface area (Å²) in [4.78, 5) is 14.6. The minimum Gasteiger partial charge on any atom is -0.353 e. The van der Waals surface area contributed by atoms with E-state index in [0.717, 1.165) is 51.9 Å². The average Bonchev–Trinajstić information content (AvgIpc) is 2.42. The maximum Gasteiger partial charge on any atom is 0.223 e. The second-order valence-corrected chi connectivity index (χ2v) is 5.65. The van der Waals surface area contributed by atoms with E-state index in [-0.39, 0.29) is 30.7 Å². The summed E-state index contributed by atoms with van der Waals surface area (Å²) in [5.74, 6) is 0.547. The number of halogens is 2. The van der Waals surface area contributed by atoms with Crippen LogP contribution in [-0.4, -0.2) is 49.6 Å². The monoisotopic (exact) mass is 325 g/mol. The molecule has 20 heavy (non-hydrogen) atoms. The lowest BCUT2D eigenvalue weighted by molar-refractivity contribution is -0.126. The van der Waals surface area contributed by atoms with Gasteiger partial charge in [0, 0.05) is 25.0 Å². The Morgan fingerprint density at radius 1 is 1.15 bits per heavy atom.